The van der Waals surface area contributed by atoms with E-state index in [0.29, 0.717) is 0 Å². The molecule has 0 bridgehead atoms. The number of rotatable bonds is 6. The van der Waals surface area contributed by atoms with Gasteiger partial charge in [0.2, 0.25) is 5.91 Å². The molecule has 0 aliphatic heterocycles. The summed E-state index contributed by atoms with van der Waals surface area (Å²) in [5.74, 6) is -0.937. The number of nitrogens with two attached hydrogens (primary N) is 1. The summed E-state index contributed by atoms with van der Waals surface area (Å²) in [7, 11) is 0. The fourth-order valence-electron chi connectivity index (χ4n) is 1.46. The first-order chi connectivity index (χ1) is 8.21. The van der Waals surface area contributed by atoms with Crippen LogP contribution in [-0.2, 0) is 19.1 Å². The van der Waals surface area contributed by atoms with Gasteiger partial charge in [0.15, 0.2) is 6.04 Å². The van der Waals surface area contributed by atoms with E-state index in [1.54, 1.807) is 13.8 Å². The SMILES string of the molecule is CCOC(=O)[C@H](NC(=O)CN)[C@H](C)OC(C)(C)C. The monoisotopic (exact) mass is 260 g/mol. The standard InChI is InChI=1S/C12H24N2O4/c1-6-17-11(16)10(14-9(15)7-13)8(2)18-12(3,4)5/h8,10H,6-7,13H2,1-5H3,(H,14,15)/t8-,10+/m0/s1. The minimum atomic E-state index is -0.847. The number of esters is 1. The van der Waals surface area contributed by atoms with Gasteiger partial charge in [-0.1, -0.05) is 0 Å². The lowest BCUT2D eigenvalue weighted by Crippen LogP contribution is -2.52. The zero-order valence-corrected chi connectivity index (χ0v) is 11.8. The van der Waals surface area contributed by atoms with E-state index in [1.165, 1.54) is 0 Å². The van der Waals surface area contributed by atoms with Gasteiger partial charge in [0, 0.05) is 0 Å². The second-order valence-electron chi connectivity index (χ2n) is 4.94. The molecule has 0 fully saturated rings. The predicted molar refractivity (Wildman–Crippen MR) is 67.9 cm³/mol. The van der Waals surface area contributed by atoms with Crippen molar-refractivity contribution in [2.24, 2.45) is 5.73 Å². The van der Waals surface area contributed by atoms with Crippen molar-refractivity contribution in [3.63, 3.8) is 0 Å². The number of hydrogen-bond donors (Lipinski definition) is 2. The second-order valence-corrected chi connectivity index (χ2v) is 4.94. The third kappa shape index (κ3) is 6.56. The number of amides is 1. The summed E-state index contributed by atoms with van der Waals surface area (Å²) in [6.07, 6.45) is -0.500. The molecule has 18 heavy (non-hydrogen) atoms. The summed E-state index contributed by atoms with van der Waals surface area (Å²) in [4.78, 5) is 23.1. The Morgan fingerprint density at radius 3 is 2.28 bits per heavy atom. The van der Waals surface area contributed by atoms with Crippen LogP contribution in [-0.4, -0.2) is 42.8 Å². The number of carbonyl (C=O) groups excluding carboxylic acids is 2. The van der Waals surface area contributed by atoms with Crippen LogP contribution in [0.1, 0.15) is 34.6 Å². The number of nitrogens with one attached hydrogen (secondary N) is 1. The van der Waals surface area contributed by atoms with Gasteiger partial charge in [0.05, 0.1) is 24.9 Å². The molecule has 6 nitrogen and oxygen atoms in total. The minimum absolute atomic E-state index is 0.182. The fourth-order valence-corrected chi connectivity index (χ4v) is 1.46. The molecule has 3 N–H and O–H groups in total. The first-order valence-corrected chi connectivity index (χ1v) is 6.05. The Bertz CT molecular complexity index is 286. The predicted octanol–water partition coefficient (Wildman–Crippen LogP) is 0.197. The van der Waals surface area contributed by atoms with Crippen molar-refractivity contribution in [3.05, 3.63) is 0 Å². The maximum atomic E-state index is 11.8. The largest absolute Gasteiger partial charge is 0.464 e. The molecule has 1 amide bonds. The number of ether oxygens (including phenoxy) is 2. The maximum absolute atomic E-state index is 11.8. The minimum Gasteiger partial charge on any atom is -0.464 e. The van der Waals surface area contributed by atoms with Crippen LogP contribution in [0, 0.1) is 0 Å². The van der Waals surface area contributed by atoms with Gasteiger partial charge in [0.1, 0.15) is 0 Å². The van der Waals surface area contributed by atoms with E-state index in [0.717, 1.165) is 0 Å². The van der Waals surface area contributed by atoms with Gasteiger partial charge in [0.25, 0.3) is 0 Å². The van der Waals surface area contributed by atoms with Gasteiger partial charge in [-0.25, -0.2) is 4.79 Å². The van der Waals surface area contributed by atoms with Crippen molar-refractivity contribution in [2.75, 3.05) is 13.2 Å². The van der Waals surface area contributed by atoms with Crippen LogP contribution in [0.15, 0.2) is 0 Å². The zero-order chi connectivity index (χ0) is 14.3. The number of hydrogen-bond acceptors (Lipinski definition) is 5. The van der Waals surface area contributed by atoms with Crippen molar-refractivity contribution >= 4 is 11.9 Å². The Labute approximate surface area is 108 Å². The lowest BCUT2D eigenvalue weighted by molar-refractivity contribution is -0.155. The van der Waals surface area contributed by atoms with Crippen molar-refractivity contribution in [1.29, 1.82) is 0 Å². The van der Waals surface area contributed by atoms with Crippen LogP contribution >= 0.6 is 0 Å². The lowest BCUT2D eigenvalue weighted by Gasteiger charge is -2.30. The van der Waals surface area contributed by atoms with Crippen LogP contribution in [0.2, 0.25) is 0 Å². The molecule has 0 saturated carbocycles. The summed E-state index contributed by atoms with van der Waals surface area (Å²) < 4.78 is 10.6. The highest BCUT2D eigenvalue weighted by atomic mass is 16.5. The van der Waals surface area contributed by atoms with Crippen LogP contribution < -0.4 is 11.1 Å². The normalized spacial score (nSPS) is 14.8. The molecule has 0 aliphatic carbocycles. The van der Waals surface area contributed by atoms with Gasteiger partial charge in [-0.3, -0.25) is 4.79 Å². The topological polar surface area (TPSA) is 90.7 Å². The van der Waals surface area contributed by atoms with Gasteiger partial charge in [-0.2, -0.15) is 0 Å². The molecular weight excluding hydrogens is 236 g/mol. The molecule has 6 heteroatoms. The third-order valence-corrected chi connectivity index (χ3v) is 2.05. The van der Waals surface area contributed by atoms with Gasteiger partial charge in [-0.05, 0) is 34.6 Å². The second kappa shape index (κ2) is 7.33. The Balaban J connectivity index is 4.73. The third-order valence-electron chi connectivity index (χ3n) is 2.05. The average Bonchev–Trinajstić information content (AvgIpc) is 2.23. The molecule has 2 atom stereocenters. The van der Waals surface area contributed by atoms with E-state index in [1.807, 2.05) is 20.8 Å². The molecule has 0 saturated heterocycles. The van der Waals surface area contributed by atoms with E-state index in [2.05, 4.69) is 5.32 Å². The Hall–Kier alpha value is -1.14. The summed E-state index contributed by atoms with van der Waals surface area (Å²) in [6, 6.07) is -0.847. The summed E-state index contributed by atoms with van der Waals surface area (Å²) in [6.45, 7) is 9.09. The van der Waals surface area contributed by atoms with E-state index >= 15 is 0 Å². The molecule has 0 spiro atoms. The molecule has 0 aromatic rings. The molecule has 0 aromatic heterocycles. The lowest BCUT2D eigenvalue weighted by atomic mass is 10.1. The highest BCUT2D eigenvalue weighted by Gasteiger charge is 2.31. The Morgan fingerprint density at radius 2 is 1.89 bits per heavy atom. The van der Waals surface area contributed by atoms with Gasteiger partial charge < -0.3 is 20.5 Å². The molecule has 0 aromatic carbocycles. The summed E-state index contributed by atoms with van der Waals surface area (Å²) in [5, 5.41) is 2.51. The smallest absolute Gasteiger partial charge is 0.331 e. The molecule has 0 rings (SSSR count). The zero-order valence-electron chi connectivity index (χ0n) is 11.8. The van der Waals surface area contributed by atoms with Crippen molar-refractivity contribution in [1.82, 2.24) is 5.32 Å². The summed E-state index contributed by atoms with van der Waals surface area (Å²) in [5.41, 5.74) is 4.80. The highest BCUT2D eigenvalue weighted by Crippen LogP contribution is 2.13. The molecule has 0 aliphatic rings. The first kappa shape index (κ1) is 16.9. The van der Waals surface area contributed by atoms with Crippen molar-refractivity contribution in [2.45, 2.75) is 52.4 Å². The van der Waals surface area contributed by atoms with Crippen LogP contribution in [0.25, 0.3) is 0 Å². The first-order valence-electron chi connectivity index (χ1n) is 6.05. The molecule has 0 unspecified atom stereocenters. The van der Waals surface area contributed by atoms with Crippen LogP contribution in [0.3, 0.4) is 0 Å². The number of carbonyl (C=O) groups is 2. The molecular formula is C12H24N2O4. The average molecular weight is 260 g/mol. The van der Waals surface area contributed by atoms with E-state index in [-0.39, 0.29) is 13.2 Å². The highest BCUT2D eigenvalue weighted by molar-refractivity contribution is 5.85. The Morgan fingerprint density at radius 1 is 1.33 bits per heavy atom. The van der Waals surface area contributed by atoms with Gasteiger partial charge >= 0.3 is 5.97 Å². The van der Waals surface area contributed by atoms with Gasteiger partial charge in [-0.15, -0.1) is 0 Å². The molecule has 0 radical (unpaired) electrons. The van der Waals surface area contributed by atoms with E-state index in [9.17, 15) is 9.59 Å². The molecule has 0 heterocycles. The van der Waals surface area contributed by atoms with E-state index in [4.69, 9.17) is 15.2 Å². The summed E-state index contributed by atoms with van der Waals surface area (Å²) >= 11 is 0. The van der Waals surface area contributed by atoms with Crippen molar-refractivity contribution < 1.29 is 19.1 Å². The Kier molecular flexibility index (Phi) is 6.86. The van der Waals surface area contributed by atoms with Crippen LogP contribution in [0.4, 0.5) is 0 Å². The maximum Gasteiger partial charge on any atom is 0.331 e. The quantitative estimate of drug-likeness (QED) is 0.666. The fraction of sp³-hybridized carbons (Fsp3) is 0.833. The van der Waals surface area contributed by atoms with Crippen LogP contribution in [0.5, 0.6) is 0 Å². The van der Waals surface area contributed by atoms with Crippen molar-refractivity contribution in [3.8, 4) is 0 Å². The van der Waals surface area contributed by atoms with E-state index < -0.39 is 29.6 Å². The molecule has 106 valence electrons.